The zero-order valence-corrected chi connectivity index (χ0v) is 14.5. The van der Waals surface area contributed by atoms with E-state index >= 15 is 0 Å². The van der Waals surface area contributed by atoms with Crippen LogP contribution >= 0.6 is 0 Å². The lowest BCUT2D eigenvalue weighted by molar-refractivity contribution is -0.384. The fourth-order valence-electron chi connectivity index (χ4n) is 3.11. The van der Waals surface area contributed by atoms with Crippen molar-refractivity contribution in [3.05, 3.63) is 98.6 Å². The minimum Gasteiger partial charge on any atom is -0.508 e. The van der Waals surface area contributed by atoms with E-state index in [1.54, 1.807) is 24.3 Å². The Morgan fingerprint density at radius 3 is 1.77 bits per heavy atom. The standard InChI is InChI=1S/C21H19NO4/c1-13-10-16(6-8-19(13)23)21(17-7-9-20(24)14(2)11-17)15-4-3-5-18(12-15)22(25)26/h3-12,21,23-24H,1-2H3. The van der Waals surface area contributed by atoms with Gasteiger partial charge in [0.1, 0.15) is 11.5 Å². The summed E-state index contributed by atoms with van der Waals surface area (Å²) < 4.78 is 0. The Morgan fingerprint density at radius 1 is 0.808 bits per heavy atom. The zero-order chi connectivity index (χ0) is 18.8. The molecule has 0 atom stereocenters. The highest BCUT2D eigenvalue weighted by Crippen LogP contribution is 2.36. The van der Waals surface area contributed by atoms with Gasteiger partial charge in [0, 0.05) is 18.1 Å². The SMILES string of the molecule is Cc1cc(C(c2cccc([N+](=O)[O-])c2)c2ccc(O)c(C)c2)ccc1O. The lowest BCUT2D eigenvalue weighted by Crippen LogP contribution is -2.05. The Labute approximate surface area is 151 Å². The fourth-order valence-corrected chi connectivity index (χ4v) is 3.11. The van der Waals surface area contributed by atoms with Gasteiger partial charge in [-0.3, -0.25) is 10.1 Å². The lowest BCUT2D eigenvalue weighted by Gasteiger charge is -2.20. The summed E-state index contributed by atoms with van der Waals surface area (Å²) in [7, 11) is 0. The van der Waals surface area contributed by atoms with Gasteiger partial charge < -0.3 is 10.2 Å². The van der Waals surface area contributed by atoms with Crippen molar-refractivity contribution in [1.29, 1.82) is 0 Å². The predicted octanol–water partition coefficient (Wildman–Crippen LogP) is 4.80. The summed E-state index contributed by atoms with van der Waals surface area (Å²) in [6, 6.07) is 17.2. The number of aryl methyl sites for hydroxylation is 2. The van der Waals surface area contributed by atoms with Crippen LogP contribution in [0.4, 0.5) is 5.69 Å². The number of nitro groups is 1. The molecule has 0 bridgehead atoms. The van der Waals surface area contributed by atoms with E-state index in [9.17, 15) is 20.3 Å². The van der Waals surface area contributed by atoms with E-state index in [0.29, 0.717) is 0 Å². The van der Waals surface area contributed by atoms with E-state index in [4.69, 9.17) is 0 Å². The van der Waals surface area contributed by atoms with Crippen LogP contribution in [0.3, 0.4) is 0 Å². The van der Waals surface area contributed by atoms with Crippen molar-refractivity contribution < 1.29 is 15.1 Å². The normalized spacial score (nSPS) is 10.9. The lowest BCUT2D eigenvalue weighted by atomic mass is 9.83. The number of aromatic hydroxyl groups is 2. The molecule has 0 heterocycles. The largest absolute Gasteiger partial charge is 0.508 e. The Hall–Kier alpha value is -3.34. The number of hydrogen-bond acceptors (Lipinski definition) is 4. The smallest absolute Gasteiger partial charge is 0.269 e. The van der Waals surface area contributed by atoms with E-state index in [1.807, 2.05) is 44.2 Å². The number of non-ortho nitro benzene ring substituents is 1. The third-order valence-corrected chi connectivity index (χ3v) is 4.52. The molecule has 5 heteroatoms. The molecule has 0 amide bonds. The quantitative estimate of drug-likeness (QED) is 0.402. The van der Waals surface area contributed by atoms with E-state index < -0.39 is 4.92 Å². The van der Waals surface area contributed by atoms with Crippen LogP contribution in [0.1, 0.15) is 33.7 Å². The molecule has 132 valence electrons. The average Bonchev–Trinajstić information content (AvgIpc) is 2.61. The second-order valence-electron chi connectivity index (χ2n) is 6.38. The third kappa shape index (κ3) is 3.37. The number of nitro benzene ring substituents is 1. The van der Waals surface area contributed by atoms with E-state index in [1.165, 1.54) is 6.07 Å². The van der Waals surface area contributed by atoms with Crippen LogP contribution in [0.5, 0.6) is 11.5 Å². The monoisotopic (exact) mass is 349 g/mol. The average molecular weight is 349 g/mol. The maximum Gasteiger partial charge on any atom is 0.269 e. The van der Waals surface area contributed by atoms with Gasteiger partial charge in [0.05, 0.1) is 4.92 Å². The third-order valence-electron chi connectivity index (χ3n) is 4.52. The van der Waals surface area contributed by atoms with Crippen molar-refractivity contribution in [2.75, 3.05) is 0 Å². The number of phenolic OH excluding ortho intramolecular Hbond substituents is 2. The molecule has 0 radical (unpaired) electrons. The van der Waals surface area contributed by atoms with Crippen molar-refractivity contribution in [2.24, 2.45) is 0 Å². The summed E-state index contributed by atoms with van der Waals surface area (Å²) in [6.07, 6.45) is 0. The highest BCUT2D eigenvalue weighted by molar-refractivity contribution is 5.51. The number of rotatable bonds is 4. The molecule has 0 unspecified atom stereocenters. The Kier molecular flexibility index (Phi) is 4.63. The number of hydrogen-bond donors (Lipinski definition) is 2. The highest BCUT2D eigenvalue weighted by atomic mass is 16.6. The van der Waals surface area contributed by atoms with Crippen LogP contribution in [0.15, 0.2) is 60.7 Å². The van der Waals surface area contributed by atoms with E-state index in [-0.39, 0.29) is 23.1 Å². The molecular formula is C21H19NO4. The molecule has 26 heavy (non-hydrogen) atoms. The first-order chi connectivity index (χ1) is 12.4. The van der Waals surface area contributed by atoms with E-state index in [0.717, 1.165) is 27.8 Å². The van der Waals surface area contributed by atoms with Crippen molar-refractivity contribution in [1.82, 2.24) is 0 Å². The van der Waals surface area contributed by atoms with Crippen molar-refractivity contribution in [3.8, 4) is 11.5 Å². The summed E-state index contributed by atoms with van der Waals surface area (Å²) in [4.78, 5) is 10.8. The Balaban J connectivity index is 2.21. The van der Waals surface area contributed by atoms with Crippen LogP contribution in [-0.4, -0.2) is 15.1 Å². The maximum atomic E-state index is 11.2. The molecule has 2 N–H and O–H groups in total. The van der Waals surface area contributed by atoms with Gasteiger partial charge >= 0.3 is 0 Å². The minimum absolute atomic E-state index is 0.0264. The molecule has 0 saturated heterocycles. The van der Waals surface area contributed by atoms with Crippen LogP contribution in [0.25, 0.3) is 0 Å². The minimum atomic E-state index is -0.412. The molecule has 3 rings (SSSR count). The zero-order valence-electron chi connectivity index (χ0n) is 14.5. The first kappa shape index (κ1) is 17.5. The molecule has 5 nitrogen and oxygen atoms in total. The van der Waals surface area contributed by atoms with Crippen LogP contribution in [-0.2, 0) is 0 Å². The van der Waals surface area contributed by atoms with Crippen molar-refractivity contribution in [3.63, 3.8) is 0 Å². The summed E-state index contributed by atoms with van der Waals surface area (Å²) in [5.41, 5.74) is 4.08. The van der Waals surface area contributed by atoms with Gasteiger partial charge in [0.2, 0.25) is 0 Å². The second kappa shape index (κ2) is 6.88. The van der Waals surface area contributed by atoms with Crippen molar-refractivity contribution >= 4 is 5.69 Å². The summed E-state index contributed by atoms with van der Waals surface area (Å²) in [5.74, 6) is 0.148. The van der Waals surface area contributed by atoms with E-state index in [2.05, 4.69) is 0 Å². The summed E-state index contributed by atoms with van der Waals surface area (Å²) >= 11 is 0. The van der Waals surface area contributed by atoms with Gasteiger partial charge in [-0.05, 0) is 53.8 Å². The molecular weight excluding hydrogens is 330 g/mol. The van der Waals surface area contributed by atoms with Crippen molar-refractivity contribution in [2.45, 2.75) is 19.8 Å². The topological polar surface area (TPSA) is 83.6 Å². The first-order valence-electron chi connectivity index (χ1n) is 8.20. The second-order valence-corrected chi connectivity index (χ2v) is 6.38. The van der Waals surface area contributed by atoms with Crippen LogP contribution in [0, 0.1) is 24.0 Å². The van der Waals surface area contributed by atoms with Gasteiger partial charge in [-0.2, -0.15) is 0 Å². The Bertz CT molecular complexity index is 930. The van der Waals surface area contributed by atoms with Gasteiger partial charge in [0.15, 0.2) is 0 Å². The number of nitrogens with zero attached hydrogens (tertiary/aromatic N) is 1. The molecule has 0 aromatic heterocycles. The van der Waals surface area contributed by atoms with Crippen LogP contribution in [0.2, 0.25) is 0 Å². The predicted molar refractivity (Wildman–Crippen MR) is 99.7 cm³/mol. The molecule has 0 spiro atoms. The fraction of sp³-hybridized carbons (Fsp3) is 0.143. The Morgan fingerprint density at radius 2 is 1.31 bits per heavy atom. The van der Waals surface area contributed by atoms with Gasteiger partial charge in [-0.25, -0.2) is 0 Å². The molecule has 0 aliphatic heterocycles. The first-order valence-corrected chi connectivity index (χ1v) is 8.20. The molecule has 3 aromatic carbocycles. The molecule has 3 aromatic rings. The summed E-state index contributed by atoms with van der Waals surface area (Å²) in [5, 5.41) is 30.9. The molecule has 0 fully saturated rings. The van der Waals surface area contributed by atoms with Gasteiger partial charge in [0.25, 0.3) is 5.69 Å². The number of benzene rings is 3. The van der Waals surface area contributed by atoms with Gasteiger partial charge in [-0.1, -0.05) is 36.4 Å². The highest BCUT2D eigenvalue weighted by Gasteiger charge is 2.20. The molecule has 0 aliphatic carbocycles. The van der Waals surface area contributed by atoms with Crippen LogP contribution < -0.4 is 0 Å². The summed E-state index contributed by atoms with van der Waals surface area (Å²) in [6.45, 7) is 3.62. The van der Waals surface area contributed by atoms with Gasteiger partial charge in [-0.15, -0.1) is 0 Å². The molecule has 0 saturated carbocycles. The maximum absolute atomic E-state index is 11.2. The number of phenols is 2. The molecule has 0 aliphatic rings.